The zero-order chi connectivity index (χ0) is 14.5. The summed E-state index contributed by atoms with van der Waals surface area (Å²) < 4.78 is 2.15. The van der Waals surface area contributed by atoms with Gasteiger partial charge in [-0.15, -0.1) is 0 Å². The first-order chi connectivity index (χ1) is 9.65. The molecule has 3 nitrogen and oxygen atoms in total. The Bertz CT molecular complexity index is 541. The molecule has 3 heteroatoms. The molecule has 0 radical (unpaired) electrons. The number of nitrogens with zero attached hydrogens (tertiary/aromatic N) is 2. The van der Waals surface area contributed by atoms with Crippen molar-refractivity contribution in [3.8, 4) is 11.4 Å². The lowest BCUT2D eigenvalue weighted by Gasteiger charge is -2.13. The van der Waals surface area contributed by atoms with Gasteiger partial charge in [-0.2, -0.15) is 0 Å². The summed E-state index contributed by atoms with van der Waals surface area (Å²) in [6.07, 6.45) is 4.58. The molecule has 1 aromatic heterocycles. The third-order valence-corrected chi connectivity index (χ3v) is 3.59. The van der Waals surface area contributed by atoms with Gasteiger partial charge in [-0.3, -0.25) is 0 Å². The Hall–Kier alpha value is -1.77. The maximum atomic E-state index is 6.33. The molecule has 0 spiro atoms. The van der Waals surface area contributed by atoms with Gasteiger partial charge < -0.3 is 10.3 Å². The Morgan fingerprint density at radius 2 is 1.85 bits per heavy atom. The number of anilines is 1. The van der Waals surface area contributed by atoms with Gasteiger partial charge >= 0.3 is 0 Å². The van der Waals surface area contributed by atoms with Crippen LogP contribution in [0.15, 0.2) is 30.3 Å². The van der Waals surface area contributed by atoms with E-state index in [0.717, 1.165) is 35.7 Å². The molecular weight excluding hydrogens is 246 g/mol. The maximum absolute atomic E-state index is 6.33. The lowest BCUT2D eigenvalue weighted by atomic mass is 10.1. The average Bonchev–Trinajstić information content (AvgIpc) is 2.77. The number of rotatable bonds is 6. The summed E-state index contributed by atoms with van der Waals surface area (Å²) in [6, 6.07) is 10.6. The number of aromatic nitrogens is 2. The van der Waals surface area contributed by atoms with Crippen molar-refractivity contribution in [1.29, 1.82) is 0 Å². The highest BCUT2D eigenvalue weighted by atomic mass is 15.2. The second-order valence-corrected chi connectivity index (χ2v) is 5.55. The van der Waals surface area contributed by atoms with E-state index in [9.17, 15) is 0 Å². The van der Waals surface area contributed by atoms with Crippen molar-refractivity contribution in [2.75, 3.05) is 5.73 Å². The molecule has 0 saturated heterocycles. The SMILES string of the molecule is CCCCCc1nc(-c2ccccc2)n(C(C)C)c1N. The Morgan fingerprint density at radius 3 is 2.45 bits per heavy atom. The zero-order valence-corrected chi connectivity index (χ0v) is 12.8. The first kappa shape index (κ1) is 14.6. The van der Waals surface area contributed by atoms with Crippen molar-refractivity contribution in [2.24, 2.45) is 0 Å². The summed E-state index contributed by atoms with van der Waals surface area (Å²) in [7, 11) is 0. The van der Waals surface area contributed by atoms with Gasteiger partial charge in [-0.05, 0) is 26.7 Å². The smallest absolute Gasteiger partial charge is 0.142 e. The van der Waals surface area contributed by atoms with Crippen LogP contribution in [0.2, 0.25) is 0 Å². The van der Waals surface area contributed by atoms with Crippen molar-refractivity contribution < 1.29 is 0 Å². The lowest BCUT2D eigenvalue weighted by Crippen LogP contribution is -2.07. The number of hydrogen-bond donors (Lipinski definition) is 1. The van der Waals surface area contributed by atoms with E-state index in [1.807, 2.05) is 18.2 Å². The van der Waals surface area contributed by atoms with Gasteiger partial charge in [0.15, 0.2) is 0 Å². The molecule has 20 heavy (non-hydrogen) atoms. The molecule has 0 fully saturated rings. The van der Waals surface area contributed by atoms with E-state index >= 15 is 0 Å². The molecule has 0 bridgehead atoms. The summed E-state index contributed by atoms with van der Waals surface area (Å²) in [4.78, 5) is 4.81. The average molecular weight is 271 g/mol. The highest BCUT2D eigenvalue weighted by Gasteiger charge is 2.17. The second-order valence-electron chi connectivity index (χ2n) is 5.55. The van der Waals surface area contributed by atoms with Gasteiger partial charge in [0.05, 0.1) is 5.69 Å². The first-order valence-corrected chi connectivity index (χ1v) is 7.57. The van der Waals surface area contributed by atoms with E-state index in [4.69, 9.17) is 10.7 Å². The van der Waals surface area contributed by atoms with E-state index in [0.29, 0.717) is 6.04 Å². The standard InChI is InChI=1S/C17H25N3/c1-4-5-7-12-15-16(18)20(13(2)3)17(19-15)14-10-8-6-9-11-14/h6,8-11,13H,4-5,7,12,18H2,1-3H3. The number of benzene rings is 1. The van der Waals surface area contributed by atoms with E-state index in [2.05, 4.69) is 37.5 Å². The predicted octanol–water partition coefficient (Wildman–Crippen LogP) is 4.45. The highest BCUT2D eigenvalue weighted by molar-refractivity contribution is 5.60. The van der Waals surface area contributed by atoms with Crippen LogP contribution in [-0.2, 0) is 6.42 Å². The van der Waals surface area contributed by atoms with Crippen molar-refractivity contribution in [1.82, 2.24) is 9.55 Å². The van der Waals surface area contributed by atoms with Crippen molar-refractivity contribution in [2.45, 2.75) is 52.5 Å². The van der Waals surface area contributed by atoms with Crippen LogP contribution in [0.1, 0.15) is 51.8 Å². The molecule has 108 valence electrons. The zero-order valence-electron chi connectivity index (χ0n) is 12.8. The fourth-order valence-electron chi connectivity index (χ4n) is 2.53. The summed E-state index contributed by atoms with van der Waals surface area (Å²) in [5.74, 6) is 1.82. The minimum absolute atomic E-state index is 0.317. The third kappa shape index (κ3) is 3.03. The summed E-state index contributed by atoms with van der Waals surface area (Å²) in [6.45, 7) is 6.52. The molecule has 0 aliphatic rings. The normalized spacial score (nSPS) is 11.2. The van der Waals surface area contributed by atoms with Gasteiger partial charge in [-0.25, -0.2) is 4.98 Å². The number of nitrogen functional groups attached to an aromatic ring is 1. The number of unbranched alkanes of at least 4 members (excludes halogenated alkanes) is 2. The van der Waals surface area contributed by atoms with Gasteiger partial charge in [0.1, 0.15) is 11.6 Å². The van der Waals surface area contributed by atoms with E-state index in [1.165, 1.54) is 12.8 Å². The Labute approximate surface area is 121 Å². The second kappa shape index (κ2) is 6.60. The van der Waals surface area contributed by atoms with Gasteiger partial charge in [0.2, 0.25) is 0 Å². The van der Waals surface area contributed by atoms with E-state index in [-0.39, 0.29) is 0 Å². The Balaban J connectivity index is 2.38. The largest absolute Gasteiger partial charge is 0.384 e. The molecular formula is C17H25N3. The van der Waals surface area contributed by atoms with Gasteiger partial charge in [0.25, 0.3) is 0 Å². The van der Waals surface area contributed by atoms with Crippen LogP contribution in [0.25, 0.3) is 11.4 Å². The summed E-state index contributed by atoms with van der Waals surface area (Å²) in [5.41, 5.74) is 8.51. The molecule has 0 saturated carbocycles. The molecule has 0 amide bonds. The quantitative estimate of drug-likeness (QED) is 0.789. The molecule has 1 aromatic carbocycles. The monoisotopic (exact) mass is 271 g/mol. The van der Waals surface area contributed by atoms with Crippen LogP contribution >= 0.6 is 0 Å². The molecule has 2 N–H and O–H groups in total. The molecule has 2 aromatic rings. The summed E-state index contributed by atoms with van der Waals surface area (Å²) in [5, 5.41) is 0. The lowest BCUT2D eigenvalue weighted by molar-refractivity contribution is 0.613. The number of hydrogen-bond acceptors (Lipinski definition) is 2. The third-order valence-electron chi connectivity index (χ3n) is 3.59. The van der Waals surface area contributed by atoms with Crippen LogP contribution in [0.4, 0.5) is 5.82 Å². The highest BCUT2D eigenvalue weighted by Crippen LogP contribution is 2.28. The fourth-order valence-corrected chi connectivity index (χ4v) is 2.53. The fraction of sp³-hybridized carbons (Fsp3) is 0.471. The van der Waals surface area contributed by atoms with Crippen molar-refractivity contribution in [3.63, 3.8) is 0 Å². The minimum atomic E-state index is 0.317. The molecule has 0 aliphatic carbocycles. The first-order valence-electron chi connectivity index (χ1n) is 7.57. The Kier molecular flexibility index (Phi) is 4.83. The summed E-state index contributed by atoms with van der Waals surface area (Å²) >= 11 is 0. The number of aryl methyl sites for hydroxylation is 1. The van der Waals surface area contributed by atoms with Crippen LogP contribution in [0.3, 0.4) is 0 Å². The topological polar surface area (TPSA) is 43.8 Å². The molecule has 2 rings (SSSR count). The van der Waals surface area contributed by atoms with Crippen LogP contribution < -0.4 is 5.73 Å². The van der Waals surface area contributed by atoms with Gasteiger partial charge in [-0.1, -0.05) is 50.1 Å². The van der Waals surface area contributed by atoms with E-state index < -0.39 is 0 Å². The maximum Gasteiger partial charge on any atom is 0.142 e. The predicted molar refractivity (Wildman–Crippen MR) is 85.7 cm³/mol. The van der Waals surface area contributed by atoms with Crippen LogP contribution in [-0.4, -0.2) is 9.55 Å². The molecule has 0 unspecified atom stereocenters. The molecule has 0 atom stereocenters. The van der Waals surface area contributed by atoms with Crippen LogP contribution in [0, 0.1) is 0 Å². The van der Waals surface area contributed by atoms with E-state index in [1.54, 1.807) is 0 Å². The minimum Gasteiger partial charge on any atom is -0.384 e. The molecule has 0 aliphatic heterocycles. The number of imidazole rings is 1. The van der Waals surface area contributed by atoms with Crippen LogP contribution in [0.5, 0.6) is 0 Å². The van der Waals surface area contributed by atoms with Gasteiger partial charge in [0, 0.05) is 11.6 Å². The van der Waals surface area contributed by atoms with Crippen molar-refractivity contribution in [3.05, 3.63) is 36.0 Å². The number of nitrogens with two attached hydrogens (primary N) is 1. The Morgan fingerprint density at radius 1 is 1.15 bits per heavy atom. The molecule has 1 heterocycles. The van der Waals surface area contributed by atoms with Crippen molar-refractivity contribution >= 4 is 5.82 Å².